The standard InChI is InChI=1S/C20H23ClN2O2/c1-14(25-18-10-8-16(9-11-18)20(2,3)4)19(24)23-22-13-15-6-5-7-17(21)12-15/h5-14H,1-4H3,(H,23,24)/b22-13+. The predicted molar refractivity (Wildman–Crippen MR) is 102 cm³/mol. The summed E-state index contributed by atoms with van der Waals surface area (Å²) < 4.78 is 5.66. The van der Waals surface area contributed by atoms with E-state index in [0.29, 0.717) is 10.8 Å². The molecule has 0 fully saturated rings. The number of nitrogens with zero attached hydrogens (tertiary/aromatic N) is 1. The molecule has 25 heavy (non-hydrogen) atoms. The number of benzene rings is 2. The van der Waals surface area contributed by atoms with E-state index in [9.17, 15) is 4.79 Å². The zero-order valence-corrected chi connectivity index (χ0v) is 15.7. The van der Waals surface area contributed by atoms with E-state index in [1.807, 2.05) is 36.4 Å². The number of halogens is 1. The Morgan fingerprint density at radius 1 is 1.20 bits per heavy atom. The van der Waals surface area contributed by atoms with Crippen LogP contribution in [0.15, 0.2) is 53.6 Å². The minimum Gasteiger partial charge on any atom is -0.481 e. The molecule has 1 amide bonds. The molecule has 0 aliphatic carbocycles. The number of hydrazone groups is 1. The lowest BCUT2D eigenvalue weighted by Gasteiger charge is -2.19. The van der Waals surface area contributed by atoms with Crippen LogP contribution < -0.4 is 10.2 Å². The Morgan fingerprint density at radius 2 is 1.88 bits per heavy atom. The van der Waals surface area contributed by atoms with Crippen molar-refractivity contribution >= 4 is 23.7 Å². The zero-order chi connectivity index (χ0) is 18.4. The third-order valence-electron chi connectivity index (χ3n) is 3.64. The first kappa shape index (κ1) is 19.0. The fourth-order valence-electron chi connectivity index (χ4n) is 2.14. The topological polar surface area (TPSA) is 50.7 Å². The van der Waals surface area contributed by atoms with Crippen LogP contribution in [0.3, 0.4) is 0 Å². The van der Waals surface area contributed by atoms with E-state index < -0.39 is 6.10 Å². The Bertz CT molecular complexity index is 749. The van der Waals surface area contributed by atoms with Gasteiger partial charge in [-0.15, -0.1) is 0 Å². The maximum atomic E-state index is 12.1. The third kappa shape index (κ3) is 5.91. The molecule has 0 aliphatic rings. The van der Waals surface area contributed by atoms with Gasteiger partial charge in [-0.25, -0.2) is 5.43 Å². The van der Waals surface area contributed by atoms with Crippen molar-refractivity contribution in [1.29, 1.82) is 0 Å². The summed E-state index contributed by atoms with van der Waals surface area (Å²) in [5.41, 5.74) is 4.56. The molecule has 0 aromatic heterocycles. The summed E-state index contributed by atoms with van der Waals surface area (Å²) in [7, 11) is 0. The number of carbonyl (C=O) groups excluding carboxylic acids is 1. The van der Waals surface area contributed by atoms with Crippen molar-refractivity contribution in [1.82, 2.24) is 5.43 Å². The van der Waals surface area contributed by atoms with Crippen molar-refractivity contribution in [3.8, 4) is 5.75 Å². The molecule has 132 valence electrons. The predicted octanol–water partition coefficient (Wildman–Crippen LogP) is 4.56. The van der Waals surface area contributed by atoms with Crippen molar-refractivity contribution in [2.75, 3.05) is 0 Å². The summed E-state index contributed by atoms with van der Waals surface area (Å²) in [5, 5.41) is 4.54. The van der Waals surface area contributed by atoms with Crippen molar-refractivity contribution < 1.29 is 9.53 Å². The summed E-state index contributed by atoms with van der Waals surface area (Å²) in [4.78, 5) is 12.1. The monoisotopic (exact) mass is 358 g/mol. The highest BCUT2D eigenvalue weighted by Gasteiger charge is 2.16. The van der Waals surface area contributed by atoms with E-state index in [2.05, 4.69) is 31.3 Å². The van der Waals surface area contributed by atoms with Crippen LogP contribution in [0.5, 0.6) is 5.75 Å². The second-order valence-corrected chi connectivity index (χ2v) is 7.26. The Balaban J connectivity index is 1.89. The Kier molecular flexibility index (Phi) is 6.21. The van der Waals surface area contributed by atoms with Gasteiger partial charge in [-0.2, -0.15) is 5.10 Å². The Morgan fingerprint density at radius 3 is 2.48 bits per heavy atom. The maximum absolute atomic E-state index is 12.1. The van der Waals surface area contributed by atoms with Crippen molar-refractivity contribution in [3.63, 3.8) is 0 Å². The van der Waals surface area contributed by atoms with E-state index in [-0.39, 0.29) is 11.3 Å². The number of hydrogen-bond acceptors (Lipinski definition) is 3. The largest absolute Gasteiger partial charge is 0.481 e. The average molecular weight is 359 g/mol. The van der Waals surface area contributed by atoms with Gasteiger partial charge in [0.2, 0.25) is 0 Å². The summed E-state index contributed by atoms with van der Waals surface area (Å²) in [6.07, 6.45) is 0.881. The number of ether oxygens (including phenoxy) is 1. The van der Waals surface area contributed by atoms with Crippen LogP contribution in [0.4, 0.5) is 0 Å². The summed E-state index contributed by atoms with van der Waals surface area (Å²) in [6.45, 7) is 8.13. The number of carbonyl (C=O) groups is 1. The average Bonchev–Trinajstić information content (AvgIpc) is 2.54. The first-order chi connectivity index (χ1) is 11.8. The van der Waals surface area contributed by atoms with Crippen LogP contribution >= 0.6 is 11.6 Å². The van der Waals surface area contributed by atoms with Crippen molar-refractivity contribution in [3.05, 3.63) is 64.7 Å². The maximum Gasteiger partial charge on any atom is 0.280 e. The number of rotatable bonds is 5. The smallest absolute Gasteiger partial charge is 0.280 e. The van der Waals surface area contributed by atoms with Gasteiger partial charge in [0.1, 0.15) is 5.75 Å². The van der Waals surface area contributed by atoms with E-state index in [0.717, 1.165) is 5.56 Å². The summed E-state index contributed by atoms with van der Waals surface area (Å²) >= 11 is 5.90. The van der Waals surface area contributed by atoms with Gasteiger partial charge in [0.15, 0.2) is 6.10 Å². The minimum absolute atomic E-state index is 0.0799. The van der Waals surface area contributed by atoms with Crippen LogP contribution in [-0.2, 0) is 10.2 Å². The minimum atomic E-state index is -0.656. The second-order valence-electron chi connectivity index (χ2n) is 6.82. The van der Waals surface area contributed by atoms with Crippen LogP contribution in [0.2, 0.25) is 5.02 Å². The SMILES string of the molecule is CC(Oc1ccc(C(C)(C)C)cc1)C(=O)N/N=C/c1cccc(Cl)c1. The molecule has 4 nitrogen and oxygen atoms in total. The molecule has 0 heterocycles. The van der Waals surface area contributed by atoms with Crippen LogP contribution in [-0.4, -0.2) is 18.2 Å². The molecule has 1 atom stereocenters. The zero-order valence-electron chi connectivity index (χ0n) is 14.9. The van der Waals surface area contributed by atoms with Gasteiger partial charge in [0, 0.05) is 5.02 Å². The molecule has 1 unspecified atom stereocenters. The van der Waals surface area contributed by atoms with Gasteiger partial charge in [-0.3, -0.25) is 4.79 Å². The second kappa shape index (κ2) is 8.17. The van der Waals surface area contributed by atoms with Gasteiger partial charge in [0.25, 0.3) is 5.91 Å². The molecular weight excluding hydrogens is 336 g/mol. The lowest BCUT2D eigenvalue weighted by atomic mass is 9.87. The highest BCUT2D eigenvalue weighted by atomic mass is 35.5. The fourth-order valence-corrected chi connectivity index (χ4v) is 2.34. The fraction of sp³-hybridized carbons (Fsp3) is 0.300. The molecule has 0 saturated carbocycles. The molecular formula is C20H23ClN2O2. The quantitative estimate of drug-likeness (QED) is 0.629. The molecule has 2 rings (SSSR count). The van der Waals surface area contributed by atoms with E-state index >= 15 is 0 Å². The first-order valence-electron chi connectivity index (χ1n) is 8.11. The highest BCUT2D eigenvalue weighted by molar-refractivity contribution is 6.30. The third-order valence-corrected chi connectivity index (χ3v) is 3.87. The number of nitrogens with one attached hydrogen (secondary N) is 1. The van der Waals surface area contributed by atoms with Crippen LogP contribution in [0.25, 0.3) is 0 Å². The van der Waals surface area contributed by atoms with Crippen LogP contribution in [0.1, 0.15) is 38.8 Å². The van der Waals surface area contributed by atoms with E-state index in [1.54, 1.807) is 19.1 Å². The first-order valence-corrected chi connectivity index (χ1v) is 8.49. The van der Waals surface area contributed by atoms with E-state index in [1.165, 1.54) is 11.8 Å². The van der Waals surface area contributed by atoms with Gasteiger partial charge >= 0.3 is 0 Å². The molecule has 0 saturated heterocycles. The van der Waals surface area contributed by atoms with Crippen molar-refractivity contribution in [2.24, 2.45) is 5.10 Å². The lowest BCUT2D eigenvalue weighted by molar-refractivity contribution is -0.127. The van der Waals surface area contributed by atoms with Crippen molar-refractivity contribution in [2.45, 2.75) is 39.2 Å². The highest BCUT2D eigenvalue weighted by Crippen LogP contribution is 2.24. The molecule has 0 bridgehead atoms. The summed E-state index contributed by atoms with van der Waals surface area (Å²) in [6, 6.07) is 15.0. The number of amides is 1. The molecule has 0 aliphatic heterocycles. The normalized spacial score (nSPS) is 12.8. The lowest BCUT2D eigenvalue weighted by Crippen LogP contribution is -2.33. The molecule has 2 aromatic rings. The Hall–Kier alpha value is -2.33. The van der Waals surface area contributed by atoms with Crippen LogP contribution in [0, 0.1) is 0 Å². The van der Waals surface area contributed by atoms with Gasteiger partial charge in [-0.1, -0.05) is 56.6 Å². The van der Waals surface area contributed by atoms with E-state index in [4.69, 9.17) is 16.3 Å². The molecule has 5 heteroatoms. The Labute approximate surface area is 153 Å². The van der Waals surface area contributed by atoms with Gasteiger partial charge < -0.3 is 4.74 Å². The molecule has 1 N–H and O–H groups in total. The molecule has 0 radical (unpaired) electrons. The molecule has 0 spiro atoms. The van der Waals surface area contributed by atoms with Gasteiger partial charge in [-0.05, 0) is 47.7 Å². The van der Waals surface area contributed by atoms with Gasteiger partial charge in [0.05, 0.1) is 6.21 Å². The molecule has 2 aromatic carbocycles. The summed E-state index contributed by atoms with van der Waals surface area (Å²) in [5.74, 6) is 0.327. The number of hydrogen-bond donors (Lipinski definition) is 1.